The van der Waals surface area contributed by atoms with Gasteiger partial charge in [-0.3, -0.25) is 4.98 Å². The molecule has 2 aliphatic heterocycles. The zero-order valence-corrected chi connectivity index (χ0v) is 27.6. The van der Waals surface area contributed by atoms with Crippen molar-refractivity contribution in [3.05, 3.63) is 139 Å². The first-order valence-electron chi connectivity index (χ1n) is 15.8. The van der Waals surface area contributed by atoms with Gasteiger partial charge in [0.1, 0.15) is 5.75 Å². The van der Waals surface area contributed by atoms with Crippen LogP contribution >= 0.6 is 0 Å². The average Bonchev–Trinajstić information content (AvgIpc) is 3.58. The van der Waals surface area contributed by atoms with Crippen molar-refractivity contribution >= 4 is 46.0 Å². The smallest absolute Gasteiger partial charge is 0.221 e. The van der Waals surface area contributed by atoms with Gasteiger partial charge in [-0.2, -0.15) is 0 Å². The first kappa shape index (κ1) is 28.3. The van der Waals surface area contributed by atoms with E-state index < -0.39 is 8.07 Å². The van der Waals surface area contributed by atoms with Gasteiger partial charge in [0.05, 0.1) is 18.0 Å². The van der Waals surface area contributed by atoms with Crippen molar-refractivity contribution in [1.82, 2.24) is 9.97 Å². The molecule has 0 radical (unpaired) electrons. The van der Waals surface area contributed by atoms with Crippen LogP contribution in [0.2, 0.25) is 0 Å². The van der Waals surface area contributed by atoms with Crippen LogP contribution in [0.5, 0.6) is 11.6 Å². The third-order valence-electron chi connectivity index (χ3n) is 9.42. The highest BCUT2D eigenvalue weighted by molar-refractivity contribution is 7.21. The van der Waals surface area contributed by atoms with Crippen LogP contribution in [0.3, 0.4) is 0 Å². The summed E-state index contributed by atoms with van der Waals surface area (Å²) in [5.41, 5.74) is 7.32. The van der Waals surface area contributed by atoms with Gasteiger partial charge in [0.25, 0.3) is 0 Å². The molecule has 5 nitrogen and oxygen atoms in total. The Morgan fingerprint density at radius 3 is 2.09 bits per heavy atom. The molecular weight excluding hydrogens is 581 g/mol. The average molecular weight is 617 g/mol. The van der Waals surface area contributed by atoms with Crippen molar-refractivity contribution in [2.24, 2.45) is 0 Å². The van der Waals surface area contributed by atoms with Gasteiger partial charge >= 0.3 is 0 Å². The van der Waals surface area contributed by atoms with Crippen molar-refractivity contribution in [3.63, 3.8) is 0 Å². The molecule has 8 rings (SSSR count). The SMILES string of the molecule is CN1CN(c2ccnc(Oc3cccc([Si]4(c5cc(C(C)(C)C)ccn5)c5ccccc5-c5ccccc54)c3)c2)c2ccccc21. The number of aromatic nitrogens is 2. The van der Waals surface area contributed by atoms with Gasteiger partial charge in [-0.25, -0.2) is 4.98 Å². The number of hydrogen-bond acceptors (Lipinski definition) is 5. The topological polar surface area (TPSA) is 41.5 Å². The number of ether oxygens (including phenoxy) is 1. The molecule has 0 fully saturated rings. The Bertz CT molecular complexity index is 2060. The van der Waals surface area contributed by atoms with Crippen molar-refractivity contribution in [3.8, 4) is 22.8 Å². The molecular formula is C40H36N4OSi. The summed E-state index contributed by atoms with van der Waals surface area (Å²) in [6.07, 6.45) is 3.83. The van der Waals surface area contributed by atoms with Crippen LogP contribution in [0.25, 0.3) is 11.1 Å². The molecule has 0 aliphatic carbocycles. The molecule has 226 valence electrons. The lowest BCUT2D eigenvalue weighted by Gasteiger charge is -2.31. The third-order valence-corrected chi connectivity index (χ3v) is 14.1. The molecule has 2 aromatic heterocycles. The minimum atomic E-state index is -2.79. The Hall–Kier alpha value is -5.20. The van der Waals surface area contributed by atoms with E-state index in [0.29, 0.717) is 5.88 Å². The van der Waals surface area contributed by atoms with Crippen LogP contribution in [-0.4, -0.2) is 31.8 Å². The van der Waals surface area contributed by atoms with E-state index in [-0.39, 0.29) is 5.41 Å². The molecule has 4 aromatic carbocycles. The summed E-state index contributed by atoms with van der Waals surface area (Å²) in [6.45, 7) is 7.58. The highest BCUT2D eigenvalue weighted by atomic mass is 28.3. The Morgan fingerprint density at radius 1 is 0.674 bits per heavy atom. The normalized spacial score (nSPS) is 14.5. The first-order valence-corrected chi connectivity index (χ1v) is 17.8. The second kappa shape index (κ2) is 10.7. The maximum atomic E-state index is 6.58. The van der Waals surface area contributed by atoms with Gasteiger partial charge < -0.3 is 14.5 Å². The van der Waals surface area contributed by atoms with Gasteiger partial charge in [-0.1, -0.05) is 93.6 Å². The molecule has 6 aromatic rings. The fraction of sp³-hybridized carbons (Fsp3) is 0.150. The lowest BCUT2D eigenvalue weighted by Crippen LogP contribution is -2.73. The second-order valence-corrected chi connectivity index (χ2v) is 16.9. The summed E-state index contributed by atoms with van der Waals surface area (Å²) in [4.78, 5) is 14.4. The fourth-order valence-electron chi connectivity index (χ4n) is 7.21. The zero-order valence-electron chi connectivity index (χ0n) is 26.6. The lowest BCUT2D eigenvalue weighted by molar-refractivity contribution is 0.463. The lowest BCUT2D eigenvalue weighted by atomic mass is 9.88. The van der Waals surface area contributed by atoms with Crippen LogP contribution in [0.4, 0.5) is 17.1 Å². The Labute approximate surface area is 271 Å². The number of pyridine rings is 2. The molecule has 0 unspecified atom stereocenters. The third kappa shape index (κ3) is 4.43. The van der Waals surface area contributed by atoms with E-state index in [2.05, 4.69) is 146 Å². The summed E-state index contributed by atoms with van der Waals surface area (Å²) < 4.78 is 6.58. The predicted octanol–water partition coefficient (Wildman–Crippen LogP) is 6.47. The van der Waals surface area contributed by atoms with Crippen LogP contribution in [-0.2, 0) is 5.41 Å². The number of benzene rings is 4. The molecule has 0 atom stereocenters. The monoisotopic (exact) mass is 616 g/mol. The van der Waals surface area contributed by atoms with Crippen molar-refractivity contribution in [2.75, 3.05) is 23.5 Å². The van der Waals surface area contributed by atoms with Crippen molar-refractivity contribution < 1.29 is 4.74 Å². The molecule has 2 aliphatic rings. The maximum Gasteiger partial charge on any atom is 0.221 e. The minimum absolute atomic E-state index is 0.00275. The molecule has 46 heavy (non-hydrogen) atoms. The van der Waals surface area contributed by atoms with Crippen LogP contribution in [0.1, 0.15) is 26.3 Å². The van der Waals surface area contributed by atoms with Gasteiger partial charge in [0, 0.05) is 36.5 Å². The highest BCUT2D eigenvalue weighted by Crippen LogP contribution is 2.40. The van der Waals surface area contributed by atoms with Gasteiger partial charge in [-0.05, 0) is 80.1 Å². The van der Waals surface area contributed by atoms with Crippen LogP contribution < -0.4 is 35.4 Å². The number of rotatable bonds is 5. The van der Waals surface area contributed by atoms with E-state index in [0.717, 1.165) is 23.4 Å². The number of para-hydroxylation sites is 2. The Morgan fingerprint density at radius 2 is 1.35 bits per heavy atom. The molecule has 4 heterocycles. The standard InChI is InChI=1S/C40H36N4OSi/c1-40(2,3)28-20-22-42-39(24-28)46(36-18-9-5-14-32(36)33-15-6-10-19-37(33)46)31-13-11-12-30(26-31)45-38-25-29(21-23-41-38)44-27-43(4)34-16-7-8-17-35(34)44/h5-26H,27H2,1-4H3. The summed E-state index contributed by atoms with van der Waals surface area (Å²) >= 11 is 0. The highest BCUT2D eigenvalue weighted by Gasteiger charge is 2.50. The maximum absolute atomic E-state index is 6.58. The zero-order chi connectivity index (χ0) is 31.5. The van der Waals surface area contributed by atoms with Gasteiger partial charge in [0.15, 0.2) is 0 Å². The fourth-order valence-corrected chi connectivity index (χ4v) is 12.3. The molecule has 0 N–H and O–H groups in total. The van der Waals surface area contributed by atoms with Gasteiger partial charge in [-0.15, -0.1) is 0 Å². The molecule has 6 heteroatoms. The first-order chi connectivity index (χ1) is 22.3. The van der Waals surface area contributed by atoms with E-state index in [9.17, 15) is 0 Å². The summed E-state index contributed by atoms with van der Waals surface area (Å²) in [7, 11) is -0.670. The summed E-state index contributed by atoms with van der Waals surface area (Å²) in [5.74, 6) is 1.33. The summed E-state index contributed by atoms with van der Waals surface area (Å²) in [6, 6.07) is 43.5. The van der Waals surface area contributed by atoms with Crippen LogP contribution in [0, 0.1) is 0 Å². The van der Waals surface area contributed by atoms with E-state index in [4.69, 9.17) is 9.72 Å². The molecule has 0 spiro atoms. The van der Waals surface area contributed by atoms with E-state index >= 15 is 0 Å². The number of fused-ring (bicyclic) bond motifs is 4. The second-order valence-electron chi connectivity index (χ2n) is 13.3. The molecule has 0 saturated heterocycles. The molecule has 0 saturated carbocycles. The quantitative estimate of drug-likeness (QED) is 0.208. The largest absolute Gasteiger partial charge is 0.439 e. The van der Waals surface area contributed by atoms with E-state index in [1.54, 1.807) is 0 Å². The predicted molar refractivity (Wildman–Crippen MR) is 192 cm³/mol. The van der Waals surface area contributed by atoms with Crippen molar-refractivity contribution in [2.45, 2.75) is 26.2 Å². The van der Waals surface area contributed by atoms with Crippen LogP contribution in [0.15, 0.2) is 134 Å². The van der Waals surface area contributed by atoms with Gasteiger partial charge in [0.2, 0.25) is 14.0 Å². The number of nitrogens with zero attached hydrogens (tertiary/aromatic N) is 4. The number of hydrogen-bond donors (Lipinski definition) is 0. The Balaban J connectivity index is 1.25. The Kier molecular flexibility index (Phi) is 6.58. The molecule has 0 bridgehead atoms. The molecule has 0 amide bonds. The van der Waals surface area contributed by atoms with E-state index in [1.165, 1.54) is 43.6 Å². The number of anilines is 3. The minimum Gasteiger partial charge on any atom is -0.439 e. The summed E-state index contributed by atoms with van der Waals surface area (Å²) in [5, 5.41) is 5.12. The van der Waals surface area contributed by atoms with E-state index in [1.807, 2.05) is 30.6 Å². The van der Waals surface area contributed by atoms with Crippen molar-refractivity contribution in [1.29, 1.82) is 0 Å².